The third-order valence-electron chi connectivity index (χ3n) is 6.07. The molecular weight excluding hydrogens is 283 g/mol. The van der Waals surface area contributed by atoms with Crippen LogP contribution in [0.5, 0.6) is 0 Å². The quantitative estimate of drug-likeness (QED) is 0.527. The molecular formula is C22H29F. The molecule has 3 atom stereocenters. The first-order valence-electron chi connectivity index (χ1n) is 9.19. The molecule has 124 valence electrons. The highest BCUT2D eigenvalue weighted by atomic mass is 19.1. The summed E-state index contributed by atoms with van der Waals surface area (Å²) in [6, 6.07) is 7.26. The molecule has 0 nitrogen and oxygen atoms in total. The first-order chi connectivity index (χ1) is 11.1. The predicted octanol–water partition coefficient (Wildman–Crippen LogP) is 6.79. The summed E-state index contributed by atoms with van der Waals surface area (Å²) >= 11 is 0. The number of benzene rings is 1. The highest BCUT2D eigenvalue weighted by molar-refractivity contribution is 5.23. The summed E-state index contributed by atoms with van der Waals surface area (Å²) in [6.45, 7) is 4.64. The molecule has 0 spiro atoms. The Bertz CT molecular complexity index is 578. The van der Waals surface area contributed by atoms with Gasteiger partial charge < -0.3 is 0 Å². The van der Waals surface area contributed by atoms with Gasteiger partial charge in [-0.1, -0.05) is 35.4 Å². The second kappa shape index (κ2) is 7.47. The molecule has 0 amide bonds. The van der Waals surface area contributed by atoms with Crippen molar-refractivity contribution in [2.24, 2.45) is 11.8 Å². The maximum Gasteiger partial charge on any atom is 0.123 e. The van der Waals surface area contributed by atoms with Crippen molar-refractivity contribution in [3.8, 4) is 0 Å². The van der Waals surface area contributed by atoms with E-state index in [1.807, 2.05) is 12.1 Å². The Morgan fingerprint density at radius 2 is 1.70 bits per heavy atom. The number of allylic oxidation sites excluding steroid dienone is 4. The zero-order valence-corrected chi connectivity index (χ0v) is 14.5. The fraction of sp³-hybridized carbons (Fsp3) is 0.545. The first kappa shape index (κ1) is 16.5. The maximum atomic E-state index is 13.3. The minimum atomic E-state index is -0.125. The second-order valence-corrected chi connectivity index (χ2v) is 7.59. The number of halogens is 1. The topological polar surface area (TPSA) is 0 Å². The van der Waals surface area contributed by atoms with Crippen LogP contribution in [0.3, 0.4) is 0 Å². The molecule has 1 heteroatoms. The lowest BCUT2D eigenvalue weighted by Crippen LogP contribution is -2.21. The third-order valence-corrected chi connectivity index (χ3v) is 6.07. The number of rotatable bonds is 2. The summed E-state index contributed by atoms with van der Waals surface area (Å²) in [4.78, 5) is 0. The van der Waals surface area contributed by atoms with Gasteiger partial charge in [0.25, 0.3) is 0 Å². The van der Waals surface area contributed by atoms with Crippen LogP contribution in [0.4, 0.5) is 4.39 Å². The van der Waals surface area contributed by atoms with E-state index >= 15 is 0 Å². The molecule has 3 rings (SSSR count). The Morgan fingerprint density at radius 1 is 0.913 bits per heavy atom. The summed E-state index contributed by atoms with van der Waals surface area (Å²) in [5, 5.41) is 0. The lowest BCUT2D eigenvalue weighted by molar-refractivity contribution is 0.262. The van der Waals surface area contributed by atoms with Crippen molar-refractivity contribution in [1.82, 2.24) is 0 Å². The van der Waals surface area contributed by atoms with E-state index in [-0.39, 0.29) is 5.82 Å². The molecule has 0 bridgehead atoms. The van der Waals surface area contributed by atoms with E-state index in [2.05, 4.69) is 26.0 Å². The first-order valence-corrected chi connectivity index (χ1v) is 9.19. The van der Waals surface area contributed by atoms with Crippen LogP contribution in [0.25, 0.3) is 0 Å². The molecule has 0 fully saturated rings. The highest BCUT2D eigenvalue weighted by Crippen LogP contribution is 2.41. The molecule has 23 heavy (non-hydrogen) atoms. The molecule has 0 N–H and O–H groups in total. The Morgan fingerprint density at radius 3 is 2.39 bits per heavy atom. The predicted molar refractivity (Wildman–Crippen MR) is 96.0 cm³/mol. The molecule has 3 unspecified atom stereocenters. The van der Waals surface area contributed by atoms with Crippen molar-refractivity contribution >= 4 is 0 Å². The van der Waals surface area contributed by atoms with Crippen molar-refractivity contribution < 1.29 is 4.39 Å². The fourth-order valence-corrected chi connectivity index (χ4v) is 4.38. The zero-order valence-electron chi connectivity index (χ0n) is 14.5. The molecule has 0 saturated carbocycles. The van der Waals surface area contributed by atoms with Crippen LogP contribution in [-0.4, -0.2) is 0 Å². The van der Waals surface area contributed by atoms with E-state index in [1.54, 1.807) is 23.3 Å². The molecule has 0 saturated heterocycles. The van der Waals surface area contributed by atoms with Crippen LogP contribution in [-0.2, 0) is 0 Å². The number of hydrogen-bond acceptors (Lipinski definition) is 0. The second-order valence-electron chi connectivity index (χ2n) is 7.59. The van der Waals surface area contributed by atoms with Gasteiger partial charge in [0.15, 0.2) is 0 Å². The average Bonchev–Trinajstić information content (AvgIpc) is 2.57. The molecule has 1 aromatic rings. The Hall–Kier alpha value is -1.37. The lowest BCUT2D eigenvalue weighted by Gasteiger charge is -2.34. The van der Waals surface area contributed by atoms with Crippen molar-refractivity contribution in [1.29, 1.82) is 0 Å². The van der Waals surface area contributed by atoms with Gasteiger partial charge in [0, 0.05) is 0 Å². The Balaban J connectivity index is 1.83. The lowest BCUT2D eigenvalue weighted by atomic mass is 9.71. The molecule has 0 aromatic heterocycles. The van der Waals surface area contributed by atoms with E-state index in [9.17, 15) is 4.39 Å². The van der Waals surface area contributed by atoms with E-state index < -0.39 is 0 Å². The Labute approximate surface area is 140 Å². The standard InChI is InChI=1S/C22H29F/c1-16-8-9-20(19-10-12-22(23)13-11-19)15-21(14-17(16)2)18-6-4-3-5-7-18/h3-4,10-13,18,20-21H,5-9,14-15H2,1-2H3/b17-16+. The SMILES string of the molecule is C/C1=C(/C)CC(C2CC=CCC2)CC(c2ccc(F)cc2)CC1. The third kappa shape index (κ3) is 4.13. The number of hydrogen-bond donors (Lipinski definition) is 0. The van der Waals surface area contributed by atoms with Crippen molar-refractivity contribution in [2.45, 2.75) is 64.7 Å². The molecule has 0 aliphatic heterocycles. The summed E-state index contributed by atoms with van der Waals surface area (Å²) in [5.41, 5.74) is 4.52. The van der Waals surface area contributed by atoms with Gasteiger partial charge >= 0.3 is 0 Å². The van der Waals surface area contributed by atoms with Gasteiger partial charge in [-0.2, -0.15) is 0 Å². The van der Waals surface area contributed by atoms with Crippen LogP contribution >= 0.6 is 0 Å². The molecule has 2 aliphatic carbocycles. The zero-order chi connectivity index (χ0) is 16.2. The van der Waals surface area contributed by atoms with E-state index in [0.717, 1.165) is 11.8 Å². The minimum absolute atomic E-state index is 0.125. The van der Waals surface area contributed by atoms with Gasteiger partial charge in [0.2, 0.25) is 0 Å². The molecule has 2 aliphatic rings. The van der Waals surface area contributed by atoms with E-state index in [1.165, 1.54) is 50.5 Å². The van der Waals surface area contributed by atoms with Crippen LogP contribution in [0.1, 0.15) is 70.3 Å². The van der Waals surface area contributed by atoms with Crippen LogP contribution < -0.4 is 0 Å². The van der Waals surface area contributed by atoms with Crippen molar-refractivity contribution in [3.05, 3.63) is 58.9 Å². The average molecular weight is 312 g/mol. The molecule has 0 radical (unpaired) electrons. The van der Waals surface area contributed by atoms with Crippen LogP contribution in [0.15, 0.2) is 47.6 Å². The van der Waals surface area contributed by atoms with Crippen molar-refractivity contribution in [3.63, 3.8) is 0 Å². The summed E-state index contributed by atoms with van der Waals surface area (Å²) in [7, 11) is 0. The summed E-state index contributed by atoms with van der Waals surface area (Å²) in [5.74, 6) is 2.05. The largest absolute Gasteiger partial charge is 0.207 e. The van der Waals surface area contributed by atoms with Gasteiger partial charge in [-0.3, -0.25) is 0 Å². The minimum Gasteiger partial charge on any atom is -0.207 e. The van der Waals surface area contributed by atoms with Crippen LogP contribution in [0, 0.1) is 17.7 Å². The van der Waals surface area contributed by atoms with Gasteiger partial charge in [-0.15, -0.1) is 0 Å². The van der Waals surface area contributed by atoms with Gasteiger partial charge in [-0.05, 0) is 94.2 Å². The van der Waals surface area contributed by atoms with Gasteiger partial charge in [-0.25, -0.2) is 4.39 Å². The smallest absolute Gasteiger partial charge is 0.123 e. The maximum absolute atomic E-state index is 13.3. The monoisotopic (exact) mass is 312 g/mol. The van der Waals surface area contributed by atoms with Gasteiger partial charge in [0.1, 0.15) is 5.82 Å². The molecule has 0 heterocycles. The summed E-state index contributed by atoms with van der Waals surface area (Å²) < 4.78 is 13.3. The molecule has 1 aromatic carbocycles. The van der Waals surface area contributed by atoms with E-state index in [0.29, 0.717) is 5.92 Å². The Kier molecular flexibility index (Phi) is 5.35. The normalized spacial score (nSPS) is 32.4. The fourth-order valence-electron chi connectivity index (χ4n) is 4.38. The van der Waals surface area contributed by atoms with Crippen molar-refractivity contribution in [2.75, 3.05) is 0 Å². The summed E-state index contributed by atoms with van der Waals surface area (Å²) in [6.07, 6.45) is 13.4. The van der Waals surface area contributed by atoms with Crippen LogP contribution in [0.2, 0.25) is 0 Å². The van der Waals surface area contributed by atoms with E-state index in [4.69, 9.17) is 0 Å². The van der Waals surface area contributed by atoms with Gasteiger partial charge in [0.05, 0.1) is 0 Å². The highest BCUT2D eigenvalue weighted by Gasteiger charge is 2.28.